The summed E-state index contributed by atoms with van der Waals surface area (Å²) in [4.78, 5) is 16.3. The SMILES string of the molecule is Cn1c(CC(CC(=O)O)c2ccc3c(c2)OCO3)nnc1SCCc1ccc2c(n1)NCCC2. The molecule has 1 atom stereocenters. The number of nitrogens with one attached hydrogen (secondary N) is 1. The topological polar surface area (TPSA) is 111 Å². The van der Waals surface area contributed by atoms with Gasteiger partial charge in [-0.25, -0.2) is 4.98 Å². The number of nitrogens with zero attached hydrogens (tertiary/aromatic N) is 4. The van der Waals surface area contributed by atoms with Crippen LogP contribution in [0.25, 0.3) is 0 Å². The largest absolute Gasteiger partial charge is 0.481 e. The van der Waals surface area contributed by atoms with Gasteiger partial charge in [-0.15, -0.1) is 10.2 Å². The zero-order valence-electron chi connectivity index (χ0n) is 19.0. The molecule has 0 spiro atoms. The Morgan fingerprint density at radius 3 is 3.00 bits per heavy atom. The summed E-state index contributed by atoms with van der Waals surface area (Å²) in [5.74, 6) is 2.82. The number of hydrogen-bond acceptors (Lipinski definition) is 8. The van der Waals surface area contributed by atoms with Crippen LogP contribution < -0.4 is 14.8 Å². The van der Waals surface area contributed by atoms with Crippen molar-refractivity contribution in [2.45, 2.75) is 43.2 Å². The molecule has 4 heterocycles. The third-order valence-corrected chi connectivity index (χ3v) is 7.21. The molecule has 2 aliphatic rings. The predicted octanol–water partition coefficient (Wildman–Crippen LogP) is 3.43. The molecule has 2 aliphatic heterocycles. The Morgan fingerprint density at radius 1 is 1.24 bits per heavy atom. The van der Waals surface area contributed by atoms with E-state index in [4.69, 9.17) is 14.5 Å². The number of thioether (sulfide) groups is 1. The van der Waals surface area contributed by atoms with Crippen LogP contribution in [0.2, 0.25) is 0 Å². The van der Waals surface area contributed by atoms with E-state index in [9.17, 15) is 9.90 Å². The maximum Gasteiger partial charge on any atom is 0.303 e. The summed E-state index contributed by atoms with van der Waals surface area (Å²) in [6, 6.07) is 9.87. The Morgan fingerprint density at radius 2 is 2.12 bits per heavy atom. The Bertz CT molecular complexity index is 1200. The van der Waals surface area contributed by atoms with Gasteiger partial charge in [-0.2, -0.15) is 0 Å². The number of benzene rings is 1. The molecular weight excluding hydrogens is 454 g/mol. The third kappa shape index (κ3) is 4.96. The number of rotatable bonds is 9. The summed E-state index contributed by atoms with van der Waals surface area (Å²) >= 11 is 1.63. The molecule has 34 heavy (non-hydrogen) atoms. The second-order valence-corrected chi connectivity index (χ2v) is 9.57. The highest BCUT2D eigenvalue weighted by atomic mass is 32.2. The molecule has 0 fully saturated rings. The molecule has 2 N–H and O–H groups in total. The van der Waals surface area contributed by atoms with Gasteiger partial charge in [0.25, 0.3) is 0 Å². The van der Waals surface area contributed by atoms with Gasteiger partial charge >= 0.3 is 5.97 Å². The van der Waals surface area contributed by atoms with Gasteiger partial charge in [0.15, 0.2) is 16.7 Å². The zero-order valence-corrected chi connectivity index (χ0v) is 19.8. The first kappa shape index (κ1) is 22.5. The number of aromatic nitrogens is 4. The van der Waals surface area contributed by atoms with Gasteiger partial charge in [-0.05, 0) is 48.6 Å². The molecule has 0 amide bonds. The van der Waals surface area contributed by atoms with Crippen molar-refractivity contribution in [3.63, 3.8) is 0 Å². The van der Waals surface area contributed by atoms with E-state index in [1.54, 1.807) is 11.8 Å². The standard InChI is InChI=1S/C24H27N5O4S/c1-29-21(12-17(13-22(30)31)16-5-7-19-20(11-16)33-14-32-19)27-28-24(29)34-10-8-18-6-4-15-3-2-9-25-23(15)26-18/h4-7,11,17H,2-3,8-10,12-14H2,1H3,(H,25,26)(H,30,31). The summed E-state index contributed by atoms with van der Waals surface area (Å²) < 4.78 is 12.8. The van der Waals surface area contributed by atoms with Crippen LogP contribution in [0.4, 0.5) is 5.82 Å². The van der Waals surface area contributed by atoms with Crippen molar-refractivity contribution in [2.24, 2.45) is 7.05 Å². The number of carboxylic acids is 1. The van der Waals surface area contributed by atoms with Crippen molar-refractivity contribution >= 4 is 23.5 Å². The quantitative estimate of drug-likeness (QED) is 0.444. The van der Waals surface area contributed by atoms with Crippen molar-refractivity contribution in [3.05, 3.63) is 53.0 Å². The molecule has 178 valence electrons. The Kier molecular flexibility index (Phi) is 6.57. The molecule has 0 saturated heterocycles. The smallest absolute Gasteiger partial charge is 0.303 e. The van der Waals surface area contributed by atoms with Crippen molar-refractivity contribution in [1.29, 1.82) is 0 Å². The number of carbonyl (C=O) groups is 1. The van der Waals surface area contributed by atoms with Crippen molar-refractivity contribution in [2.75, 3.05) is 24.4 Å². The summed E-state index contributed by atoms with van der Waals surface area (Å²) in [6.07, 6.45) is 3.53. The first-order valence-corrected chi connectivity index (χ1v) is 12.4. The van der Waals surface area contributed by atoms with E-state index < -0.39 is 5.97 Å². The fourth-order valence-electron chi connectivity index (χ4n) is 4.31. The van der Waals surface area contributed by atoms with E-state index in [0.29, 0.717) is 17.9 Å². The summed E-state index contributed by atoms with van der Waals surface area (Å²) in [5, 5.41) is 22.4. The number of anilines is 1. The first-order valence-electron chi connectivity index (χ1n) is 11.4. The fraction of sp³-hybridized carbons (Fsp3) is 0.417. The number of hydrogen-bond donors (Lipinski definition) is 2. The van der Waals surface area contributed by atoms with E-state index >= 15 is 0 Å². The third-order valence-electron chi connectivity index (χ3n) is 6.18. The Labute approximate surface area is 201 Å². The molecule has 0 saturated carbocycles. The van der Waals surface area contributed by atoms with Gasteiger partial charge in [0.2, 0.25) is 6.79 Å². The molecule has 5 rings (SSSR count). The number of ether oxygens (including phenoxy) is 2. The summed E-state index contributed by atoms with van der Waals surface area (Å²) in [7, 11) is 1.93. The highest BCUT2D eigenvalue weighted by Crippen LogP contribution is 2.36. The van der Waals surface area contributed by atoms with Crippen molar-refractivity contribution in [3.8, 4) is 11.5 Å². The summed E-state index contributed by atoms with van der Waals surface area (Å²) in [5.41, 5.74) is 3.24. The van der Waals surface area contributed by atoms with Crippen LogP contribution in [-0.2, 0) is 31.1 Å². The van der Waals surface area contributed by atoms with Crippen molar-refractivity contribution < 1.29 is 19.4 Å². The normalized spacial score (nSPS) is 15.0. The Balaban J connectivity index is 1.23. The molecule has 10 heteroatoms. The minimum Gasteiger partial charge on any atom is -0.481 e. The molecular formula is C24H27N5O4S. The van der Waals surface area contributed by atoms with E-state index in [-0.39, 0.29) is 19.1 Å². The lowest BCUT2D eigenvalue weighted by Gasteiger charge is -2.17. The molecule has 0 aliphatic carbocycles. The van der Waals surface area contributed by atoms with Crippen molar-refractivity contribution in [1.82, 2.24) is 19.7 Å². The Hall–Kier alpha value is -3.27. The van der Waals surface area contributed by atoms with Crippen LogP contribution in [0, 0.1) is 0 Å². The van der Waals surface area contributed by atoms with Crippen LogP contribution in [0.3, 0.4) is 0 Å². The molecule has 9 nitrogen and oxygen atoms in total. The highest BCUT2D eigenvalue weighted by molar-refractivity contribution is 7.99. The lowest BCUT2D eigenvalue weighted by Crippen LogP contribution is -2.14. The molecule has 0 radical (unpaired) electrons. The minimum atomic E-state index is -0.855. The average molecular weight is 482 g/mol. The molecule has 0 bridgehead atoms. The second kappa shape index (κ2) is 9.92. The van der Waals surface area contributed by atoms with Crippen LogP contribution >= 0.6 is 11.8 Å². The number of carboxylic acid groups (broad SMARTS) is 1. The lowest BCUT2D eigenvalue weighted by atomic mass is 9.92. The fourth-order valence-corrected chi connectivity index (χ4v) is 5.20. The monoisotopic (exact) mass is 481 g/mol. The lowest BCUT2D eigenvalue weighted by molar-refractivity contribution is -0.137. The number of aryl methyl sites for hydroxylation is 2. The van der Waals surface area contributed by atoms with E-state index in [1.165, 1.54) is 5.56 Å². The van der Waals surface area contributed by atoms with E-state index in [1.807, 2.05) is 29.8 Å². The van der Waals surface area contributed by atoms with Crippen LogP contribution in [0.5, 0.6) is 11.5 Å². The van der Waals surface area contributed by atoms with Crippen LogP contribution in [0.15, 0.2) is 35.5 Å². The molecule has 3 aromatic rings. The van der Waals surface area contributed by atoms with Gasteiger partial charge in [0.1, 0.15) is 11.6 Å². The summed E-state index contributed by atoms with van der Waals surface area (Å²) in [6.45, 7) is 1.17. The number of fused-ring (bicyclic) bond motifs is 2. The second-order valence-electron chi connectivity index (χ2n) is 8.51. The van der Waals surface area contributed by atoms with Gasteiger partial charge in [-0.3, -0.25) is 4.79 Å². The number of aliphatic carboxylic acids is 1. The molecule has 1 aromatic carbocycles. The molecule has 2 aromatic heterocycles. The van der Waals surface area contributed by atoms with Gasteiger partial charge in [0, 0.05) is 37.4 Å². The first-order chi connectivity index (χ1) is 16.6. The van der Waals surface area contributed by atoms with E-state index in [2.05, 4.69) is 27.6 Å². The number of pyridine rings is 1. The average Bonchev–Trinajstić information content (AvgIpc) is 3.45. The highest BCUT2D eigenvalue weighted by Gasteiger charge is 2.23. The molecule has 1 unspecified atom stereocenters. The maximum atomic E-state index is 11.5. The van der Waals surface area contributed by atoms with Crippen LogP contribution in [0.1, 0.15) is 41.4 Å². The van der Waals surface area contributed by atoms with Crippen LogP contribution in [-0.4, -0.2) is 49.9 Å². The van der Waals surface area contributed by atoms with Gasteiger partial charge < -0.3 is 24.5 Å². The maximum absolute atomic E-state index is 11.5. The van der Waals surface area contributed by atoms with Gasteiger partial charge in [0.05, 0.1) is 6.42 Å². The van der Waals surface area contributed by atoms with Gasteiger partial charge in [-0.1, -0.05) is 23.9 Å². The minimum absolute atomic E-state index is 0.00693. The van der Waals surface area contributed by atoms with E-state index in [0.717, 1.165) is 59.6 Å². The predicted molar refractivity (Wildman–Crippen MR) is 128 cm³/mol. The zero-order chi connectivity index (χ0) is 23.5.